The third-order valence-electron chi connectivity index (χ3n) is 2.61. The lowest BCUT2D eigenvalue weighted by Crippen LogP contribution is -2.33. The molecular formula is C14H20N2O. The van der Waals surface area contributed by atoms with Crippen molar-refractivity contribution in [3.05, 3.63) is 48.6 Å². The van der Waals surface area contributed by atoms with Crippen molar-refractivity contribution in [3.63, 3.8) is 0 Å². The maximum atomic E-state index is 11.0. The van der Waals surface area contributed by atoms with E-state index in [1.807, 2.05) is 18.2 Å². The Morgan fingerprint density at radius 1 is 1.41 bits per heavy atom. The van der Waals surface area contributed by atoms with Gasteiger partial charge in [0.2, 0.25) is 5.91 Å². The van der Waals surface area contributed by atoms with Crippen molar-refractivity contribution in [1.29, 1.82) is 0 Å². The summed E-state index contributed by atoms with van der Waals surface area (Å²) < 4.78 is 0. The molecule has 0 aliphatic heterocycles. The number of carbonyl (C=O) groups is 1. The predicted molar refractivity (Wildman–Crippen MR) is 70.6 cm³/mol. The maximum Gasteiger partial charge on any atom is 0.243 e. The van der Waals surface area contributed by atoms with E-state index in [2.05, 4.69) is 35.9 Å². The van der Waals surface area contributed by atoms with E-state index >= 15 is 0 Å². The monoisotopic (exact) mass is 232 g/mol. The largest absolute Gasteiger partial charge is 0.351 e. The van der Waals surface area contributed by atoms with Crippen LogP contribution in [0.25, 0.3) is 0 Å². The van der Waals surface area contributed by atoms with Crippen molar-refractivity contribution < 1.29 is 4.79 Å². The first kappa shape index (κ1) is 13.5. The fourth-order valence-electron chi connectivity index (χ4n) is 1.60. The first-order valence-corrected chi connectivity index (χ1v) is 5.92. The molecule has 92 valence electrons. The van der Waals surface area contributed by atoms with Crippen LogP contribution in [0.4, 0.5) is 0 Å². The van der Waals surface area contributed by atoms with Crippen LogP contribution in [0.2, 0.25) is 0 Å². The fraction of sp³-hybridized carbons (Fsp3) is 0.357. The van der Waals surface area contributed by atoms with Crippen LogP contribution in [0.15, 0.2) is 43.0 Å². The molecule has 0 atom stereocenters. The van der Waals surface area contributed by atoms with Crippen LogP contribution < -0.4 is 5.32 Å². The van der Waals surface area contributed by atoms with E-state index in [1.165, 1.54) is 11.6 Å². The van der Waals surface area contributed by atoms with Crippen LogP contribution in [0.1, 0.15) is 12.5 Å². The van der Waals surface area contributed by atoms with Gasteiger partial charge < -0.3 is 5.32 Å². The highest BCUT2D eigenvalue weighted by Crippen LogP contribution is 2.03. The first-order valence-electron chi connectivity index (χ1n) is 5.92. The lowest BCUT2D eigenvalue weighted by atomic mass is 10.2. The molecule has 1 amide bonds. The highest BCUT2D eigenvalue weighted by molar-refractivity contribution is 5.86. The average Bonchev–Trinajstić information content (AvgIpc) is 2.38. The predicted octanol–water partition coefficient (Wildman–Crippen LogP) is 1.81. The summed E-state index contributed by atoms with van der Waals surface area (Å²) >= 11 is 0. The second kappa shape index (κ2) is 7.63. The summed E-state index contributed by atoms with van der Waals surface area (Å²) in [5.74, 6) is -0.110. The van der Waals surface area contributed by atoms with E-state index < -0.39 is 0 Å². The molecule has 1 N–H and O–H groups in total. The molecule has 0 saturated heterocycles. The second-order valence-electron chi connectivity index (χ2n) is 3.85. The summed E-state index contributed by atoms with van der Waals surface area (Å²) in [7, 11) is 0. The van der Waals surface area contributed by atoms with Crippen LogP contribution >= 0.6 is 0 Å². The molecule has 3 nitrogen and oxygen atoms in total. The van der Waals surface area contributed by atoms with Crippen molar-refractivity contribution in [3.8, 4) is 0 Å². The molecule has 0 aromatic heterocycles. The van der Waals surface area contributed by atoms with Crippen molar-refractivity contribution in [2.24, 2.45) is 0 Å². The first-order chi connectivity index (χ1) is 8.26. The Bertz CT molecular complexity index is 348. The van der Waals surface area contributed by atoms with Crippen LogP contribution in [0.5, 0.6) is 0 Å². The minimum atomic E-state index is -0.110. The number of amides is 1. The van der Waals surface area contributed by atoms with Gasteiger partial charge in [-0.05, 0) is 18.2 Å². The standard InChI is InChI=1S/C14H20N2O/c1-3-14(17)15-10-11-16(4-2)12-13-8-6-5-7-9-13/h3,5-9H,1,4,10-12H2,2H3,(H,15,17). The Hall–Kier alpha value is -1.61. The summed E-state index contributed by atoms with van der Waals surface area (Å²) in [5.41, 5.74) is 1.30. The third kappa shape index (κ3) is 5.31. The number of nitrogens with one attached hydrogen (secondary N) is 1. The molecule has 0 spiro atoms. The van der Waals surface area contributed by atoms with Gasteiger partial charge in [0.05, 0.1) is 0 Å². The molecule has 0 aliphatic rings. The molecule has 1 aromatic carbocycles. The lowest BCUT2D eigenvalue weighted by molar-refractivity contribution is -0.116. The summed E-state index contributed by atoms with van der Waals surface area (Å²) in [6.07, 6.45) is 1.30. The molecule has 1 rings (SSSR count). The maximum absolute atomic E-state index is 11.0. The number of hydrogen-bond donors (Lipinski definition) is 1. The molecule has 0 saturated carbocycles. The van der Waals surface area contributed by atoms with Gasteiger partial charge in [0.1, 0.15) is 0 Å². The van der Waals surface area contributed by atoms with Gasteiger partial charge in [0.15, 0.2) is 0 Å². The summed E-state index contributed by atoms with van der Waals surface area (Å²) in [6, 6.07) is 10.3. The lowest BCUT2D eigenvalue weighted by Gasteiger charge is -2.20. The Labute approximate surface area is 103 Å². The van der Waals surface area contributed by atoms with Crippen LogP contribution in [-0.4, -0.2) is 30.4 Å². The Morgan fingerprint density at radius 2 is 2.12 bits per heavy atom. The molecule has 0 fully saturated rings. The zero-order valence-electron chi connectivity index (χ0n) is 10.4. The van der Waals surface area contributed by atoms with Crippen molar-refractivity contribution in [1.82, 2.24) is 10.2 Å². The molecule has 0 bridgehead atoms. The van der Waals surface area contributed by atoms with E-state index in [1.54, 1.807) is 0 Å². The number of rotatable bonds is 7. The molecule has 0 heterocycles. The van der Waals surface area contributed by atoms with Gasteiger partial charge in [-0.2, -0.15) is 0 Å². The minimum Gasteiger partial charge on any atom is -0.351 e. The van der Waals surface area contributed by atoms with E-state index in [0.29, 0.717) is 6.54 Å². The SMILES string of the molecule is C=CC(=O)NCCN(CC)Cc1ccccc1. The van der Waals surface area contributed by atoms with Gasteiger partial charge in [0, 0.05) is 19.6 Å². The van der Waals surface area contributed by atoms with Crippen LogP contribution in [-0.2, 0) is 11.3 Å². The normalized spacial score (nSPS) is 10.2. The quantitative estimate of drug-likeness (QED) is 0.727. The van der Waals surface area contributed by atoms with Gasteiger partial charge >= 0.3 is 0 Å². The fourth-order valence-corrected chi connectivity index (χ4v) is 1.60. The highest BCUT2D eigenvalue weighted by atomic mass is 16.1. The number of carbonyl (C=O) groups excluding carboxylic acids is 1. The molecule has 17 heavy (non-hydrogen) atoms. The number of benzene rings is 1. The van der Waals surface area contributed by atoms with Crippen molar-refractivity contribution in [2.45, 2.75) is 13.5 Å². The van der Waals surface area contributed by atoms with E-state index in [-0.39, 0.29) is 5.91 Å². The van der Waals surface area contributed by atoms with Gasteiger partial charge in [0.25, 0.3) is 0 Å². The molecule has 0 radical (unpaired) electrons. The summed E-state index contributed by atoms with van der Waals surface area (Å²) in [6.45, 7) is 8.94. The van der Waals surface area contributed by atoms with Crippen LogP contribution in [0, 0.1) is 0 Å². The van der Waals surface area contributed by atoms with Crippen LogP contribution in [0.3, 0.4) is 0 Å². The average molecular weight is 232 g/mol. The van der Waals surface area contributed by atoms with Gasteiger partial charge in [-0.1, -0.05) is 43.8 Å². The topological polar surface area (TPSA) is 32.3 Å². The number of nitrogens with zero attached hydrogens (tertiary/aromatic N) is 1. The van der Waals surface area contributed by atoms with E-state index in [4.69, 9.17) is 0 Å². The van der Waals surface area contributed by atoms with E-state index in [0.717, 1.165) is 19.6 Å². The Morgan fingerprint density at radius 3 is 2.71 bits per heavy atom. The summed E-state index contributed by atoms with van der Waals surface area (Å²) in [4.78, 5) is 13.3. The Kier molecular flexibility index (Phi) is 6.04. The Balaban J connectivity index is 2.34. The molecule has 3 heteroatoms. The minimum absolute atomic E-state index is 0.110. The zero-order chi connectivity index (χ0) is 12.5. The van der Waals surface area contributed by atoms with Crippen molar-refractivity contribution in [2.75, 3.05) is 19.6 Å². The second-order valence-corrected chi connectivity index (χ2v) is 3.85. The molecule has 0 aliphatic carbocycles. The smallest absolute Gasteiger partial charge is 0.243 e. The van der Waals surface area contributed by atoms with Gasteiger partial charge in [-0.15, -0.1) is 0 Å². The zero-order valence-corrected chi connectivity index (χ0v) is 10.4. The third-order valence-corrected chi connectivity index (χ3v) is 2.61. The molecular weight excluding hydrogens is 212 g/mol. The van der Waals surface area contributed by atoms with Gasteiger partial charge in [-0.25, -0.2) is 0 Å². The summed E-state index contributed by atoms with van der Waals surface area (Å²) in [5, 5.41) is 2.78. The molecule has 0 unspecified atom stereocenters. The number of likely N-dealkylation sites (N-methyl/N-ethyl adjacent to an activating group) is 1. The van der Waals surface area contributed by atoms with Gasteiger partial charge in [-0.3, -0.25) is 9.69 Å². The molecule has 1 aromatic rings. The van der Waals surface area contributed by atoms with Crippen molar-refractivity contribution >= 4 is 5.91 Å². The highest BCUT2D eigenvalue weighted by Gasteiger charge is 2.03. The van der Waals surface area contributed by atoms with E-state index in [9.17, 15) is 4.79 Å². The number of hydrogen-bond acceptors (Lipinski definition) is 2.